The molecule has 1 heterocycles. The van der Waals surface area contributed by atoms with Crippen molar-refractivity contribution < 1.29 is 9.90 Å². The molecule has 1 saturated carbocycles. The molecule has 1 fully saturated rings. The quantitative estimate of drug-likeness (QED) is 0.847. The van der Waals surface area contributed by atoms with Crippen LogP contribution in [0.15, 0.2) is 12.3 Å². The highest BCUT2D eigenvalue weighted by Crippen LogP contribution is 2.31. The fourth-order valence-electron chi connectivity index (χ4n) is 3.16. The number of carbonyl (C=O) groups is 1. The lowest BCUT2D eigenvalue weighted by Gasteiger charge is -2.26. The molecule has 1 unspecified atom stereocenters. The number of rotatable bonds is 6. The highest BCUT2D eigenvalue weighted by molar-refractivity contribution is 5.92. The first-order chi connectivity index (χ1) is 10.4. The van der Waals surface area contributed by atoms with Gasteiger partial charge in [-0.05, 0) is 37.7 Å². The van der Waals surface area contributed by atoms with Gasteiger partial charge in [-0.1, -0.05) is 26.7 Å². The Bertz CT molecular complexity index is 508. The molecular weight excluding hydrogens is 278 g/mol. The van der Waals surface area contributed by atoms with Crippen LogP contribution < -0.4 is 5.32 Å². The molecule has 0 aliphatic heterocycles. The molecular formula is C17H27N3O2. The third-order valence-electron chi connectivity index (χ3n) is 4.20. The smallest absolute Gasteiger partial charge is 0.270 e. The Hall–Kier alpha value is -1.49. The van der Waals surface area contributed by atoms with Crippen molar-refractivity contribution in [1.29, 1.82) is 0 Å². The van der Waals surface area contributed by atoms with Gasteiger partial charge in [0, 0.05) is 18.7 Å². The summed E-state index contributed by atoms with van der Waals surface area (Å²) >= 11 is 0. The summed E-state index contributed by atoms with van der Waals surface area (Å²) in [6, 6.07) is 1.66. The van der Waals surface area contributed by atoms with Crippen LogP contribution in [0.4, 0.5) is 0 Å². The lowest BCUT2D eigenvalue weighted by atomic mass is 9.87. The van der Waals surface area contributed by atoms with E-state index in [1.54, 1.807) is 19.2 Å². The Morgan fingerprint density at radius 2 is 2.14 bits per heavy atom. The Kier molecular flexibility index (Phi) is 5.51. The average molecular weight is 305 g/mol. The fraction of sp³-hybridized carbons (Fsp3) is 0.706. The molecule has 1 aromatic rings. The number of aliphatic hydroxyl groups excluding tert-OH is 1. The summed E-state index contributed by atoms with van der Waals surface area (Å²) in [5.74, 6) is 1.04. The highest BCUT2D eigenvalue weighted by atomic mass is 16.3. The van der Waals surface area contributed by atoms with Gasteiger partial charge in [0.05, 0.1) is 6.10 Å². The Morgan fingerprint density at radius 3 is 2.77 bits per heavy atom. The van der Waals surface area contributed by atoms with Crippen LogP contribution in [-0.4, -0.2) is 33.6 Å². The molecule has 0 bridgehead atoms. The van der Waals surface area contributed by atoms with Gasteiger partial charge in [0.25, 0.3) is 5.91 Å². The van der Waals surface area contributed by atoms with E-state index in [1.165, 1.54) is 12.8 Å². The van der Waals surface area contributed by atoms with E-state index in [0.29, 0.717) is 24.6 Å². The maximum absolute atomic E-state index is 12.3. The number of aliphatic hydroxyl groups is 1. The minimum absolute atomic E-state index is 0.148. The van der Waals surface area contributed by atoms with Crippen LogP contribution in [-0.2, 0) is 0 Å². The topological polar surface area (TPSA) is 75.1 Å². The zero-order valence-electron chi connectivity index (χ0n) is 13.8. The van der Waals surface area contributed by atoms with Crippen molar-refractivity contribution in [3.63, 3.8) is 0 Å². The van der Waals surface area contributed by atoms with Gasteiger partial charge in [-0.25, -0.2) is 9.97 Å². The van der Waals surface area contributed by atoms with Gasteiger partial charge in [0.15, 0.2) is 0 Å². The van der Waals surface area contributed by atoms with E-state index in [2.05, 4.69) is 15.3 Å². The molecule has 1 aromatic heterocycles. The van der Waals surface area contributed by atoms with Gasteiger partial charge in [0.2, 0.25) is 0 Å². The first kappa shape index (κ1) is 16.9. The highest BCUT2D eigenvalue weighted by Gasteiger charge is 2.23. The molecule has 0 spiro atoms. The third-order valence-corrected chi connectivity index (χ3v) is 4.20. The molecule has 5 heteroatoms. The van der Waals surface area contributed by atoms with Crippen molar-refractivity contribution in [2.75, 3.05) is 6.54 Å². The second-order valence-electron chi connectivity index (χ2n) is 7.18. The number of nitrogens with zero attached hydrogens (tertiary/aromatic N) is 2. The lowest BCUT2D eigenvalue weighted by Crippen LogP contribution is -2.36. The third kappa shape index (κ3) is 4.77. The molecule has 0 aromatic carbocycles. The van der Waals surface area contributed by atoms with E-state index >= 15 is 0 Å². The fourth-order valence-corrected chi connectivity index (χ4v) is 3.16. The number of amides is 1. The van der Waals surface area contributed by atoms with Crippen molar-refractivity contribution >= 4 is 5.91 Å². The van der Waals surface area contributed by atoms with Crippen LogP contribution in [0.2, 0.25) is 0 Å². The molecule has 2 N–H and O–H groups in total. The van der Waals surface area contributed by atoms with Crippen LogP contribution in [0, 0.1) is 5.41 Å². The predicted molar refractivity (Wildman–Crippen MR) is 85.7 cm³/mol. The summed E-state index contributed by atoms with van der Waals surface area (Å²) in [4.78, 5) is 21.1. The maximum Gasteiger partial charge on any atom is 0.270 e. The second-order valence-corrected chi connectivity index (χ2v) is 7.18. The molecule has 2 rings (SSSR count). The monoisotopic (exact) mass is 305 g/mol. The summed E-state index contributed by atoms with van der Waals surface area (Å²) in [6.07, 6.45) is 6.62. The molecule has 5 nitrogen and oxygen atoms in total. The molecule has 122 valence electrons. The minimum Gasteiger partial charge on any atom is -0.393 e. The first-order valence-corrected chi connectivity index (χ1v) is 8.16. The van der Waals surface area contributed by atoms with Crippen molar-refractivity contribution in [2.24, 2.45) is 5.41 Å². The summed E-state index contributed by atoms with van der Waals surface area (Å²) < 4.78 is 0. The average Bonchev–Trinajstić information content (AvgIpc) is 2.98. The molecule has 1 aliphatic rings. The van der Waals surface area contributed by atoms with Gasteiger partial charge in [-0.15, -0.1) is 0 Å². The molecule has 1 aliphatic carbocycles. The van der Waals surface area contributed by atoms with Crippen molar-refractivity contribution in [3.8, 4) is 0 Å². The van der Waals surface area contributed by atoms with Crippen LogP contribution in [0.5, 0.6) is 0 Å². The minimum atomic E-state index is -0.375. The Morgan fingerprint density at radius 1 is 1.45 bits per heavy atom. The van der Waals surface area contributed by atoms with Crippen molar-refractivity contribution in [3.05, 3.63) is 23.8 Å². The van der Waals surface area contributed by atoms with E-state index in [4.69, 9.17) is 0 Å². The van der Waals surface area contributed by atoms with Gasteiger partial charge in [0.1, 0.15) is 11.5 Å². The molecule has 1 amide bonds. The molecule has 0 saturated heterocycles. The summed E-state index contributed by atoms with van der Waals surface area (Å²) in [6.45, 7) is 6.34. The zero-order valence-corrected chi connectivity index (χ0v) is 13.8. The normalized spacial score (nSPS) is 17.5. The number of nitrogens with one attached hydrogen (secondary N) is 1. The molecule has 0 radical (unpaired) electrons. The number of carbonyl (C=O) groups excluding carboxylic acids is 1. The first-order valence-electron chi connectivity index (χ1n) is 8.16. The standard InChI is InChI=1S/C17H27N3O2/c1-12(21)10-17(2,3)11-19-16(22)14-8-9-18-15(20-14)13-6-4-5-7-13/h8-9,12-13,21H,4-7,10-11H2,1-3H3,(H,19,22). The molecule has 1 atom stereocenters. The van der Waals surface area contributed by atoms with E-state index in [-0.39, 0.29) is 17.4 Å². The van der Waals surface area contributed by atoms with E-state index < -0.39 is 0 Å². The van der Waals surface area contributed by atoms with Gasteiger partial charge >= 0.3 is 0 Å². The van der Waals surface area contributed by atoms with E-state index in [9.17, 15) is 9.90 Å². The van der Waals surface area contributed by atoms with Crippen LogP contribution in [0.1, 0.15) is 75.1 Å². The van der Waals surface area contributed by atoms with Crippen LogP contribution >= 0.6 is 0 Å². The van der Waals surface area contributed by atoms with Crippen molar-refractivity contribution in [1.82, 2.24) is 15.3 Å². The van der Waals surface area contributed by atoms with Gasteiger partial charge < -0.3 is 10.4 Å². The van der Waals surface area contributed by atoms with E-state index in [1.807, 2.05) is 13.8 Å². The van der Waals surface area contributed by atoms with Crippen molar-refractivity contribution in [2.45, 2.75) is 64.9 Å². The maximum atomic E-state index is 12.3. The number of hydrogen-bond acceptors (Lipinski definition) is 4. The molecule has 22 heavy (non-hydrogen) atoms. The van der Waals surface area contributed by atoms with Crippen LogP contribution in [0.25, 0.3) is 0 Å². The number of aromatic nitrogens is 2. The number of hydrogen-bond donors (Lipinski definition) is 2. The summed E-state index contributed by atoms with van der Waals surface area (Å²) in [7, 11) is 0. The summed E-state index contributed by atoms with van der Waals surface area (Å²) in [5, 5.41) is 12.4. The summed E-state index contributed by atoms with van der Waals surface area (Å²) in [5.41, 5.74) is 0.287. The van der Waals surface area contributed by atoms with Crippen LogP contribution in [0.3, 0.4) is 0 Å². The van der Waals surface area contributed by atoms with Gasteiger partial charge in [-0.3, -0.25) is 4.79 Å². The van der Waals surface area contributed by atoms with Gasteiger partial charge in [-0.2, -0.15) is 0 Å². The Labute approximate surface area is 132 Å². The Balaban J connectivity index is 1.96. The van der Waals surface area contributed by atoms with E-state index in [0.717, 1.165) is 18.7 Å². The zero-order chi connectivity index (χ0) is 16.2. The predicted octanol–water partition coefficient (Wildman–Crippen LogP) is 2.66. The SMILES string of the molecule is CC(O)CC(C)(C)CNC(=O)c1ccnc(C2CCCC2)n1. The second kappa shape index (κ2) is 7.18. The largest absolute Gasteiger partial charge is 0.393 e. The lowest BCUT2D eigenvalue weighted by molar-refractivity contribution is 0.0897.